The van der Waals surface area contributed by atoms with E-state index >= 15 is 0 Å². The van der Waals surface area contributed by atoms with E-state index in [9.17, 15) is 13.6 Å². The van der Waals surface area contributed by atoms with Crippen molar-refractivity contribution in [3.05, 3.63) is 96.2 Å². The monoisotopic (exact) mass is 596 g/mol. The normalized spacial score (nSPS) is 14.9. The van der Waals surface area contributed by atoms with Crippen molar-refractivity contribution in [1.82, 2.24) is 49.8 Å². The number of halogens is 2. The first-order chi connectivity index (χ1) is 21.4. The van der Waals surface area contributed by atoms with Crippen molar-refractivity contribution in [2.24, 2.45) is 7.05 Å². The number of piperazine rings is 1. The van der Waals surface area contributed by atoms with Crippen LogP contribution in [0.3, 0.4) is 0 Å². The molecule has 5 heterocycles. The summed E-state index contributed by atoms with van der Waals surface area (Å²) in [6.45, 7) is -1.15. The maximum absolute atomic E-state index is 13.5. The standard InChI is InChI=1S/C30H26F2N10O2/c1-39-12-10-22(36-39)20-7-8-25-23(17-20)34-28(44-25)21-9-11-33-24(18-21)29(43)41-15-13-40(14-16-41)26(19-5-3-2-4-6-19)27-35-38-42(37-27)30(31)32/h2-12,17-18,26,30H,13-16H2,1H3/t26-/m1/s1. The number of aromatic nitrogens is 8. The number of tetrazole rings is 1. The number of carbonyl (C=O) groups excluding carboxylic acids is 1. The van der Waals surface area contributed by atoms with Gasteiger partial charge in [-0.05, 0) is 47.2 Å². The lowest BCUT2D eigenvalue weighted by molar-refractivity contribution is 0.0385. The van der Waals surface area contributed by atoms with Gasteiger partial charge in [0, 0.05) is 56.7 Å². The topological polar surface area (TPSA) is 124 Å². The predicted octanol–water partition coefficient (Wildman–Crippen LogP) is 4.22. The third-order valence-electron chi connectivity index (χ3n) is 7.57. The number of oxazole rings is 1. The summed E-state index contributed by atoms with van der Waals surface area (Å²) in [6.07, 6.45) is 3.45. The molecule has 1 aliphatic rings. The van der Waals surface area contributed by atoms with Crippen LogP contribution in [-0.4, -0.2) is 81.8 Å². The Kier molecular flexibility index (Phi) is 7.10. The molecule has 1 fully saturated rings. The van der Waals surface area contributed by atoms with Gasteiger partial charge in [0.05, 0.1) is 11.7 Å². The molecule has 12 nitrogen and oxygen atoms in total. The molecule has 222 valence electrons. The molecule has 0 radical (unpaired) electrons. The van der Waals surface area contributed by atoms with E-state index in [1.165, 1.54) is 0 Å². The number of alkyl halides is 2. The smallest absolute Gasteiger partial charge is 0.350 e. The van der Waals surface area contributed by atoms with Crippen LogP contribution in [0.1, 0.15) is 34.5 Å². The predicted molar refractivity (Wildman–Crippen MR) is 154 cm³/mol. The lowest BCUT2D eigenvalue weighted by atomic mass is 10.0. The molecule has 6 aromatic rings. The fraction of sp³-hybridized carbons (Fsp3) is 0.233. The summed E-state index contributed by atoms with van der Waals surface area (Å²) in [6, 6.07) is 20.0. The molecule has 4 aromatic heterocycles. The van der Waals surface area contributed by atoms with Crippen molar-refractivity contribution in [2.45, 2.75) is 12.6 Å². The number of hydrogen-bond acceptors (Lipinski definition) is 9. The summed E-state index contributed by atoms with van der Waals surface area (Å²) in [5.74, 6) is 0.337. The summed E-state index contributed by atoms with van der Waals surface area (Å²) in [7, 11) is 1.86. The number of rotatable bonds is 7. The van der Waals surface area contributed by atoms with Crippen LogP contribution < -0.4 is 0 Å². The lowest BCUT2D eigenvalue weighted by Gasteiger charge is -2.38. The molecule has 7 rings (SSSR count). The molecule has 1 atom stereocenters. The molecule has 1 aliphatic heterocycles. The molecule has 0 bridgehead atoms. The number of carbonyl (C=O) groups is 1. The van der Waals surface area contributed by atoms with Crippen LogP contribution in [0.2, 0.25) is 0 Å². The van der Waals surface area contributed by atoms with Gasteiger partial charge in [0.2, 0.25) is 5.89 Å². The molecule has 0 unspecified atom stereocenters. The summed E-state index contributed by atoms with van der Waals surface area (Å²) < 4.78 is 34.1. The Bertz CT molecular complexity index is 1930. The van der Waals surface area contributed by atoms with Gasteiger partial charge >= 0.3 is 6.55 Å². The van der Waals surface area contributed by atoms with Gasteiger partial charge in [-0.2, -0.15) is 13.9 Å². The average molecular weight is 597 g/mol. The lowest BCUT2D eigenvalue weighted by Crippen LogP contribution is -2.50. The highest BCUT2D eigenvalue weighted by Gasteiger charge is 2.32. The highest BCUT2D eigenvalue weighted by atomic mass is 19.3. The Morgan fingerprint density at radius 3 is 2.48 bits per heavy atom. The molecule has 44 heavy (non-hydrogen) atoms. The molecule has 1 amide bonds. The number of benzene rings is 2. The van der Waals surface area contributed by atoms with E-state index in [4.69, 9.17) is 4.42 Å². The Morgan fingerprint density at radius 1 is 0.932 bits per heavy atom. The first kappa shape index (κ1) is 27.5. The van der Waals surface area contributed by atoms with Gasteiger partial charge in [-0.25, -0.2) is 4.98 Å². The van der Waals surface area contributed by atoms with E-state index in [1.807, 2.05) is 67.8 Å². The van der Waals surface area contributed by atoms with Gasteiger partial charge in [0.1, 0.15) is 11.2 Å². The molecule has 0 saturated carbocycles. The zero-order chi connectivity index (χ0) is 30.2. The largest absolute Gasteiger partial charge is 0.436 e. The van der Waals surface area contributed by atoms with E-state index in [0.717, 1.165) is 16.8 Å². The van der Waals surface area contributed by atoms with Crippen molar-refractivity contribution in [3.8, 4) is 22.7 Å². The molecular formula is C30H26F2N10O2. The van der Waals surface area contributed by atoms with Crippen LogP contribution in [0, 0.1) is 0 Å². The van der Waals surface area contributed by atoms with Crippen LogP contribution >= 0.6 is 0 Å². The fourth-order valence-corrected chi connectivity index (χ4v) is 5.39. The van der Waals surface area contributed by atoms with E-state index < -0.39 is 12.6 Å². The van der Waals surface area contributed by atoms with E-state index in [0.29, 0.717) is 53.5 Å². The Balaban J connectivity index is 1.08. The van der Waals surface area contributed by atoms with E-state index in [-0.39, 0.29) is 17.4 Å². The third kappa shape index (κ3) is 5.30. The maximum atomic E-state index is 13.5. The molecule has 0 aliphatic carbocycles. The fourth-order valence-electron chi connectivity index (χ4n) is 5.39. The van der Waals surface area contributed by atoms with Gasteiger partial charge in [0.15, 0.2) is 11.4 Å². The summed E-state index contributed by atoms with van der Waals surface area (Å²) >= 11 is 0. The minimum absolute atomic E-state index is 0.177. The number of hydrogen-bond donors (Lipinski definition) is 0. The van der Waals surface area contributed by atoms with Crippen LogP contribution in [-0.2, 0) is 7.05 Å². The molecule has 2 aromatic carbocycles. The Labute approximate surface area is 249 Å². The second-order valence-corrected chi connectivity index (χ2v) is 10.4. The van der Waals surface area contributed by atoms with Crippen molar-refractivity contribution in [1.29, 1.82) is 0 Å². The van der Waals surface area contributed by atoms with Gasteiger partial charge in [0.25, 0.3) is 5.91 Å². The van der Waals surface area contributed by atoms with Crippen LogP contribution in [0.25, 0.3) is 33.8 Å². The minimum Gasteiger partial charge on any atom is -0.436 e. The van der Waals surface area contributed by atoms with Crippen molar-refractivity contribution >= 4 is 17.0 Å². The molecule has 14 heteroatoms. The Morgan fingerprint density at radius 2 is 1.75 bits per heavy atom. The van der Waals surface area contributed by atoms with Gasteiger partial charge in [-0.3, -0.25) is 19.4 Å². The van der Waals surface area contributed by atoms with Crippen LogP contribution in [0.5, 0.6) is 0 Å². The summed E-state index contributed by atoms with van der Waals surface area (Å²) in [4.78, 5) is 26.6. The number of fused-ring (bicyclic) bond motifs is 1. The van der Waals surface area contributed by atoms with Crippen LogP contribution in [0.4, 0.5) is 8.78 Å². The number of amides is 1. The number of nitrogens with zero attached hydrogens (tertiary/aromatic N) is 10. The quantitative estimate of drug-likeness (QED) is 0.266. The van der Waals surface area contributed by atoms with Gasteiger partial charge in [-0.1, -0.05) is 35.1 Å². The van der Waals surface area contributed by atoms with Crippen molar-refractivity contribution < 1.29 is 18.0 Å². The maximum Gasteiger partial charge on any atom is 0.350 e. The molecular weight excluding hydrogens is 570 g/mol. The summed E-state index contributed by atoms with van der Waals surface area (Å²) in [5.41, 5.74) is 4.81. The average Bonchev–Trinajstić information content (AvgIpc) is 3.82. The number of pyridine rings is 1. The minimum atomic E-state index is -2.88. The Hall–Kier alpha value is -5.37. The van der Waals surface area contributed by atoms with Gasteiger partial charge < -0.3 is 9.32 Å². The molecule has 0 N–H and O–H groups in total. The van der Waals surface area contributed by atoms with Gasteiger partial charge in [-0.15, -0.1) is 10.2 Å². The molecule has 0 spiro atoms. The first-order valence-electron chi connectivity index (χ1n) is 14.0. The zero-order valence-electron chi connectivity index (χ0n) is 23.5. The highest BCUT2D eigenvalue weighted by Crippen LogP contribution is 2.30. The SMILES string of the molecule is Cn1ccc(-c2ccc3oc(-c4ccnc(C(=O)N5CCN([C@H](c6ccccc6)c6nnn(C(F)F)n6)CC5)c4)nc3c2)n1. The van der Waals surface area contributed by atoms with Crippen molar-refractivity contribution in [3.63, 3.8) is 0 Å². The van der Waals surface area contributed by atoms with E-state index in [2.05, 4.69) is 35.4 Å². The van der Waals surface area contributed by atoms with Crippen LogP contribution in [0.15, 0.2) is 83.5 Å². The molecule has 1 saturated heterocycles. The first-order valence-corrected chi connectivity index (χ1v) is 14.0. The van der Waals surface area contributed by atoms with E-state index in [1.54, 1.807) is 27.9 Å². The third-order valence-corrected chi connectivity index (χ3v) is 7.57. The number of aryl methyl sites for hydroxylation is 1. The zero-order valence-corrected chi connectivity index (χ0v) is 23.5. The highest BCUT2D eigenvalue weighted by molar-refractivity contribution is 5.93. The second-order valence-electron chi connectivity index (χ2n) is 10.4. The second kappa shape index (κ2) is 11.4. The summed E-state index contributed by atoms with van der Waals surface area (Å²) in [5, 5.41) is 15.8. The van der Waals surface area contributed by atoms with Crippen molar-refractivity contribution in [2.75, 3.05) is 26.2 Å².